The van der Waals surface area contributed by atoms with Gasteiger partial charge >= 0.3 is 0 Å². The minimum atomic E-state index is -3.95. The number of carbonyl (C=O) groups excluding carboxylic acids is 2. The molecule has 0 aromatic heterocycles. The van der Waals surface area contributed by atoms with E-state index >= 15 is 0 Å². The molecular formula is C16H25N3O6S. The highest BCUT2D eigenvalue weighted by molar-refractivity contribution is 7.89. The number of carbonyl (C=O) groups is 2. The molecule has 0 aliphatic rings. The molecular weight excluding hydrogens is 362 g/mol. The summed E-state index contributed by atoms with van der Waals surface area (Å²) in [6, 6.07) is 3.20. The predicted molar refractivity (Wildman–Crippen MR) is 95.3 cm³/mol. The van der Waals surface area contributed by atoms with E-state index in [-0.39, 0.29) is 16.6 Å². The van der Waals surface area contributed by atoms with E-state index in [0.717, 1.165) is 0 Å². The summed E-state index contributed by atoms with van der Waals surface area (Å²) in [5.41, 5.74) is 5.25. The third-order valence-corrected chi connectivity index (χ3v) is 4.87. The minimum absolute atomic E-state index is 0.0865. The SMILES string of the molecule is COc1ccc(S(=O)(=O)NCC(=O)N[C@@H](CC(C)C)C(N)=O)cc1OC. The van der Waals surface area contributed by atoms with E-state index in [2.05, 4.69) is 10.0 Å². The topological polar surface area (TPSA) is 137 Å². The molecule has 146 valence electrons. The van der Waals surface area contributed by atoms with Crippen molar-refractivity contribution in [1.82, 2.24) is 10.0 Å². The zero-order valence-electron chi connectivity index (χ0n) is 15.2. The summed E-state index contributed by atoms with van der Waals surface area (Å²) in [7, 11) is -1.14. The van der Waals surface area contributed by atoms with E-state index in [4.69, 9.17) is 15.2 Å². The highest BCUT2D eigenvalue weighted by atomic mass is 32.2. The van der Waals surface area contributed by atoms with Gasteiger partial charge in [-0.15, -0.1) is 0 Å². The largest absolute Gasteiger partial charge is 0.493 e. The molecule has 10 heteroatoms. The van der Waals surface area contributed by atoms with Crippen LogP contribution in [0.15, 0.2) is 23.1 Å². The lowest BCUT2D eigenvalue weighted by Gasteiger charge is -2.17. The second-order valence-corrected chi connectivity index (χ2v) is 7.76. The first-order valence-electron chi connectivity index (χ1n) is 7.91. The van der Waals surface area contributed by atoms with Gasteiger partial charge in [0.25, 0.3) is 0 Å². The quantitative estimate of drug-likeness (QED) is 0.517. The Bertz CT molecular complexity index is 748. The zero-order chi connectivity index (χ0) is 19.9. The number of nitrogens with two attached hydrogens (primary N) is 1. The van der Waals surface area contributed by atoms with E-state index in [0.29, 0.717) is 12.2 Å². The summed E-state index contributed by atoms with van der Waals surface area (Å²) in [5, 5.41) is 2.43. The van der Waals surface area contributed by atoms with Crippen molar-refractivity contribution in [3.8, 4) is 11.5 Å². The molecule has 0 aliphatic heterocycles. The van der Waals surface area contributed by atoms with Crippen LogP contribution in [0.4, 0.5) is 0 Å². The summed E-state index contributed by atoms with van der Waals surface area (Å²) in [4.78, 5) is 23.2. The van der Waals surface area contributed by atoms with Gasteiger partial charge in [-0.1, -0.05) is 13.8 Å². The van der Waals surface area contributed by atoms with Gasteiger partial charge in [-0.2, -0.15) is 0 Å². The molecule has 0 radical (unpaired) electrons. The van der Waals surface area contributed by atoms with E-state index in [1.807, 2.05) is 13.8 Å². The minimum Gasteiger partial charge on any atom is -0.493 e. The normalized spacial score (nSPS) is 12.5. The van der Waals surface area contributed by atoms with E-state index in [9.17, 15) is 18.0 Å². The Morgan fingerprint density at radius 3 is 2.27 bits per heavy atom. The molecule has 1 rings (SSSR count). The van der Waals surface area contributed by atoms with Gasteiger partial charge < -0.3 is 20.5 Å². The van der Waals surface area contributed by atoms with Gasteiger partial charge in [0.2, 0.25) is 21.8 Å². The van der Waals surface area contributed by atoms with Crippen molar-refractivity contribution in [1.29, 1.82) is 0 Å². The smallest absolute Gasteiger partial charge is 0.241 e. The van der Waals surface area contributed by atoms with Gasteiger partial charge in [0.15, 0.2) is 11.5 Å². The van der Waals surface area contributed by atoms with Gasteiger partial charge in [-0.25, -0.2) is 13.1 Å². The van der Waals surface area contributed by atoms with Crippen LogP contribution in [0, 0.1) is 5.92 Å². The van der Waals surface area contributed by atoms with Crippen LogP contribution < -0.4 is 25.2 Å². The Labute approximate surface area is 153 Å². The molecule has 0 fully saturated rings. The summed E-state index contributed by atoms with van der Waals surface area (Å²) in [6.45, 7) is 3.22. The first-order valence-corrected chi connectivity index (χ1v) is 9.39. The van der Waals surface area contributed by atoms with Crippen molar-refractivity contribution >= 4 is 21.8 Å². The lowest BCUT2D eigenvalue weighted by atomic mass is 10.0. The number of benzene rings is 1. The molecule has 0 spiro atoms. The number of nitrogens with one attached hydrogen (secondary N) is 2. The van der Waals surface area contributed by atoms with Gasteiger partial charge in [-0.3, -0.25) is 9.59 Å². The third-order valence-electron chi connectivity index (χ3n) is 3.47. The lowest BCUT2D eigenvalue weighted by Crippen LogP contribution is -2.48. The Balaban J connectivity index is 2.78. The van der Waals surface area contributed by atoms with E-state index in [1.54, 1.807) is 0 Å². The van der Waals surface area contributed by atoms with Crippen LogP contribution in [0.3, 0.4) is 0 Å². The van der Waals surface area contributed by atoms with Crippen LogP contribution in [0.25, 0.3) is 0 Å². The molecule has 0 unspecified atom stereocenters. The molecule has 0 saturated heterocycles. The van der Waals surface area contributed by atoms with E-state index in [1.165, 1.54) is 32.4 Å². The van der Waals surface area contributed by atoms with Crippen molar-refractivity contribution in [3.05, 3.63) is 18.2 Å². The number of primary amides is 1. The Morgan fingerprint density at radius 2 is 1.77 bits per heavy atom. The number of hydrogen-bond donors (Lipinski definition) is 3. The Hall–Kier alpha value is -2.33. The maximum atomic E-state index is 12.3. The molecule has 0 aliphatic carbocycles. The van der Waals surface area contributed by atoms with Gasteiger partial charge in [0, 0.05) is 6.07 Å². The molecule has 9 nitrogen and oxygen atoms in total. The summed E-state index contributed by atoms with van der Waals surface area (Å²) in [5.74, 6) is -0.572. The van der Waals surface area contributed by atoms with Crippen molar-refractivity contribution in [2.24, 2.45) is 11.7 Å². The van der Waals surface area contributed by atoms with Gasteiger partial charge in [0.05, 0.1) is 25.7 Å². The number of hydrogen-bond acceptors (Lipinski definition) is 6. The zero-order valence-corrected chi connectivity index (χ0v) is 16.1. The number of amides is 2. The predicted octanol–water partition coefficient (Wildman–Crippen LogP) is -0.00170. The van der Waals surface area contributed by atoms with Crippen LogP contribution in [-0.2, 0) is 19.6 Å². The van der Waals surface area contributed by atoms with E-state index < -0.39 is 34.4 Å². The fraction of sp³-hybridized carbons (Fsp3) is 0.500. The number of ether oxygens (including phenoxy) is 2. The first-order chi connectivity index (χ1) is 12.1. The fourth-order valence-electron chi connectivity index (χ4n) is 2.19. The Kier molecular flexibility index (Phi) is 7.84. The average Bonchev–Trinajstić information content (AvgIpc) is 2.58. The third kappa shape index (κ3) is 6.19. The lowest BCUT2D eigenvalue weighted by molar-refractivity contribution is -0.127. The molecule has 2 amide bonds. The van der Waals surface area contributed by atoms with Crippen LogP contribution in [0.5, 0.6) is 11.5 Å². The van der Waals surface area contributed by atoms with Crippen molar-refractivity contribution in [2.75, 3.05) is 20.8 Å². The fourth-order valence-corrected chi connectivity index (χ4v) is 3.19. The maximum Gasteiger partial charge on any atom is 0.241 e. The van der Waals surface area contributed by atoms with Crippen molar-refractivity contribution < 1.29 is 27.5 Å². The highest BCUT2D eigenvalue weighted by Gasteiger charge is 2.22. The number of methoxy groups -OCH3 is 2. The number of sulfonamides is 1. The van der Waals surface area contributed by atoms with Crippen LogP contribution in [0.2, 0.25) is 0 Å². The van der Waals surface area contributed by atoms with Crippen LogP contribution >= 0.6 is 0 Å². The molecule has 4 N–H and O–H groups in total. The second-order valence-electron chi connectivity index (χ2n) is 5.99. The molecule has 1 aromatic carbocycles. The monoisotopic (exact) mass is 387 g/mol. The molecule has 1 aromatic rings. The van der Waals surface area contributed by atoms with Crippen LogP contribution in [0.1, 0.15) is 20.3 Å². The average molecular weight is 387 g/mol. The van der Waals surface area contributed by atoms with Crippen molar-refractivity contribution in [3.63, 3.8) is 0 Å². The second kappa shape index (κ2) is 9.39. The Morgan fingerprint density at radius 1 is 1.15 bits per heavy atom. The van der Waals surface area contributed by atoms with Crippen molar-refractivity contribution in [2.45, 2.75) is 31.2 Å². The maximum absolute atomic E-state index is 12.3. The summed E-state index contributed by atoms with van der Waals surface area (Å²) >= 11 is 0. The molecule has 0 saturated carbocycles. The van der Waals surface area contributed by atoms with Gasteiger partial charge in [0.1, 0.15) is 6.04 Å². The summed E-state index contributed by atoms with van der Waals surface area (Å²) < 4.78 is 36.9. The van der Waals surface area contributed by atoms with Gasteiger partial charge in [-0.05, 0) is 24.5 Å². The molecule has 1 atom stereocenters. The standard InChI is InChI=1S/C16H25N3O6S/c1-10(2)7-12(16(17)21)19-15(20)9-18-26(22,23)11-5-6-13(24-3)14(8-11)25-4/h5-6,8,10,12,18H,7,9H2,1-4H3,(H2,17,21)(H,19,20)/t12-/m0/s1. The first kappa shape index (κ1) is 21.7. The van der Waals surface area contributed by atoms with Crippen LogP contribution in [-0.4, -0.2) is 47.0 Å². The molecule has 0 bridgehead atoms. The summed E-state index contributed by atoms with van der Waals surface area (Å²) in [6.07, 6.45) is 0.365. The number of rotatable bonds is 10. The molecule has 0 heterocycles. The highest BCUT2D eigenvalue weighted by Crippen LogP contribution is 2.29. The molecule has 26 heavy (non-hydrogen) atoms.